The maximum absolute atomic E-state index is 5.02. The summed E-state index contributed by atoms with van der Waals surface area (Å²) in [5, 5.41) is 0. The first-order valence-corrected chi connectivity index (χ1v) is 3.51. The zero-order valence-electron chi connectivity index (χ0n) is 4.81. The molecule has 1 nitrogen and oxygen atoms in total. The highest BCUT2D eigenvalue weighted by Crippen LogP contribution is 2.18. The Morgan fingerprint density at radius 2 is 2.62 bits per heavy atom. The Hall–Kier alpha value is -0.130. The molecule has 1 saturated heterocycles. The normalized spacial score (nSPS) is 26.9. The van der Waals surface area contributed by atoms with Crippen LogP contribution in [0.1, 0.15) is 6.92 Å². The fourth-order valence-electron chi connectivity index (χ4n) is 0.596. The summed E-state index contributed by atoms with van der Waals surface area (Å²) in [5.74, 6) is 7.45. The van der Waals surface area contributed by atoms with E-state index in [-0.39, 0.29) is 0 Å². The molecule has 0 saturated carbocycles. The second-order valence-electron chi connectivity index (χ2n) is 1.66. The van der Waals surface area contributed by atoms with E-state index in [2.05, 4.69) is 11.8 Å². The topological polar surface area (TPSA) is 9.23 Å². The molecule has 0 aromatic rings. The molecule has 1 aliphatic heterocycles. The standard InChI is InChI=1S/C6H8OS/c1-2-3-6-4-7-8-5-6/h6H,4-5H2,1H3. The molecule has 1 atom stereocenters. The van der Waals surface area contributed by atoms with Gasteiger partial charge in [-0.05, 0) is 19.0 Å². The van der Waals surface area contributed by atoms with Crippen molar-refractivity contribution in [3.8, 4) is 11.8 Å². The van der Waals surface area contributed by atoms with Gasteiger partial charge in [-0.15, -0.1) is 5.92 Å². The van der Waals surface area contributed by atoms with Gasteiger partial charge >= 0.3 is 0 Å². The SMILES string of the molecule is CC#CC1COSC1. The summed E-state index contributed by atoms with van der Waals surface area (Å²) in [7, 11) is 0. The number of rotatable bonds is 0. The van der Waals surface area contributed by atoms with Crippen LogP contribution in [0.4, 0.5) is 0 Å². The molecule has 0 aromatic heterocycles. The van der Waals surface area contributed by atoms with E-state index in [1.54, 1.807) is 0 Å². The van der Waals surface area contributed by atoms with Gasteiger partial charge < -0.3 is 4.18 Å². The Balaban J connectivity index is 2.32. The smallest absolute Gasteiger partial charge is 0.0760 e. The third-order valence-electron chi connectivity index (χ3n) is 0.970. The molecule has 1 rings (SSSR count). The highest BCUT2D eigenvalue weighted by atomic mass is 32.2. The van der Waals surface area contributed by atoms with Crippen LogP contribution in [0, 0.1) is 17.8 Å². The summed E-state index contributed by atoms with van der Waals surface area (Å²) in [6, 6.07) is 0. The van der Waals surface area contributed by atoms with Crippen LogP contribution in [0.25, 0.3) is 0 Å². The predicted molar refractivity (Wildman–Crippen MR) is 35.4 cm³/mol. The average molecular weight is 128 g/mol. The number of hydrogen-bond acceptors (Lipinski definition) is 2. The molecule has 8 heavy (non-hydrogen) atoms. The van der Waals surface area contributed by atoms with Gasteiger partial charge in [-0.3, -0.25) is 0 Å². The van der Waals surface area contributed by atoms with Gasteiger partial charge in [-0.2, -0.15) is 0 Å². The Bertz CT molecular complexity index is 116. The first-order valence-electron chi connectivity index (χ1n) is 2.60. The molecule has 0 amide bonds. The van der Waals surface area contributed by atoms with Gasteiger partial charge in [0.25, 0.3) is 0 Å². The van der Waals surface area contributed by atoms with E-state index < -0.39 is 0 Å². The summed E-state index contributed by atoms with van der Waals surface area (Å²) >= 11 is 1.52. The molecule has 1 aliphatic rings. The highest BCUT2D eigenvalue weighted by Gasteiger charge is 2.12. The van der Waals surface area contributed by atoms with Crippen LogP contribution in [-0.4, -0.2) is 12.4 Å². The zero-order chi connectivity index (χ0) is 5.82. The molecule has 1 unspecified atom stereocenters. The maximum Gasteiger partial charge on any atom is 0.0760 e. The van der Waals surface area contributed by atoms with Crippen molar-refractivity contribution in [3.05, 3.63) is 0 Å². The first-order chi connectivity index (χ1) is 3.93. The van der Waals surface area contributed by atoms with Crippen molar-refractivity contribution in [1.82, 2.24) is 0 Å². The lowest BCUT2D eigenvalue weighted by Gasteiger charge is -1.88. The summed E-state index contributed by atoms with van der Waals surface area (Å²) in [6.07, 6.45) is 0. The van der Waals surface area contributed by atoms with Crippen LogP contribution in [0.3, 0.4) is 0 Å². The summed E-state index contributed by atoms with van der Waals surface area (Å²) < 4.78 is 5.02. The van der Waals surface area contributed by atoms with E-state index >= 15 is 0 Å². The van der Waals surface area contributed by atoms with Gasteiger partial charge in [0.1, 0.15) is 0 Å². The van der Waals surface area contributed by atoms with E-state index in [0.29, 0.717) is 5.92 Å². The second-order valence-corrected chi connectivity index (χ2v) is 2.47. The quantitative estimate of drug-likeness (QED) is 0.359. The van der Waals surface area contributed by atoms with Crippen molar-refractivity contribution in [1.29, 1.82) is 0 Å². The lowest BCUT2D eigenvalue weighted by atomic mass is 10.2. The summed E-state index contributed by atoms with van der Waals surface area (Å²) in [6.45, 7) is 2.68. The molecule has 0 aromatic carbocycles. The third-order valence-corrected chi connectivity index (χ3v) is 1.81. The Kier molecular flexibility index (Phi) is 2.26. The van der Waals surface area contributed by atoms with Gasteiger partial charge in [-0.25, -0.2) is 0 Å². The monoisotopic (exact) mass is 128 g/mol. The van der Waals surface area contributed by atoms with E-state index in [4.69, 9.17) is 4.18 Å². The molecular weight excluding hydrogens is 120 g/mol. The minimum absolute atomic E-state index is 0.491. The molecule has 2 heteroatoms. The minimum atomic E-state index is 0.491. The van der Waals surface area contributed by atoms with E-state index in [0.717, 1.165) is 12.4 Å². The van der Waals surface area contributed by atoms with Crippen molar-refractivity contribution in [2.45, 2.75) is 6.92 Å². The van der Waals surface area contributed by atoms with Gasteiger partial charge in [0.15, 0.2) is 0 Å². The molecule has 0 spiro atoms. The van der Waals surface area contributed by atoms with Crippen LogP contribution >= 0.6 is 12.0 Å². The largest absolute Gasteiger partial charge is 0.314 e. The van der Waals surface area contributed by atoms with Crippen LogP contribution in [0.5, 0.6) is 0 Å². The average Bonchev–Trinajstić information content (AvgIpc) is 2.19. The molecule has 0 radical (unpaired) electrons. The maximum atomic E-state index is 5.02. The molecule has 0 N–H and O–H groups in total. The Labute approximate surface area is 54.0 Å². The van der Waals surface area contributed by atoms with Crippen LogP contribution < -0.4 is 0 Å². The fourth-order valence-corrected chi connectivity index (χ4v) is 1.30. The fraction of sp³-hybridized carbons (Fsp3) is 0.667. The van der Waals surface area contributed by atoms with Gasteiger partial charge in [0, 0.05) is 5.75 Å². The lowest BCUT2D eigenvalue weighted by molar-refractivity contribution is 0.375. The minimum Gasteiger partial charge on any atom is -0.314 e. The molecule has 1 heterocycles. The molecule has 0 aliphatic carbocycles. The van der Waals surface area contributed by atoms with Crippen LogP contribution in [0.15, 0.2) is 0 Å². The molecule has 44 valence electrons. The van der Waals surface area contributed by atoms with Crippen molar-refractivity contribution in [2.24, 2.45) is 5.92 Å². The molecular formula is C6H8OS. The van der Waals surface area contributed by atoms with Crippen LogP contribution in [0.2, 0.25) is 0 Å². The van der Waals surface area contributed by atoms with E-state index in [1.165, 1.54) is 12.0 Å². The molecule has 0 bridgehead atoms. The highest BCUT2D eigenvalue weighted by molar-refractivity contribution is 7.94. The second kappa shape index (κ2) is 3.01. The zero-order valence-corrected chi connectivity index (χ0v) is 5.62. The molecule has 1 fully saturated rings. The van der Waals surface area contributed by atoms with Gasteiger partial charge in [0.05, 0.1) is 12.5 Å². The van der Waals surface area contributed by atoms with Crippen molar-refractivity contribution in [3.63, 3.8) is 0 Å². The van der Waals surface area contributed by atoms with Crippen molar-refractivity contribution >= 4 is 12.0 Å². The lowest BCUT2D eigenvalue weighted by Crippen LogP contribution is -1.96. The van der Waals surface area contributed by atoms with E-state index in [9.17, 15) is 0 Å². The van der Waals surface area contributed by atoms with Crippen molar-refractivity contribution in [2.75, 3.05) is 12.4 Å². The predicted octanol–water partition coefficient (Wildman–Crippen LogP) is 1.30. The Morgan fingerprint density at radius 1 is 1.75 bits per heavy atom. The Morgan fingerprint density at radius 3 is 3.12 bits per heavy atom. The van der Waals surface area contributed by atoms with Crippen LogP contribution in [-0.2, 0) is 4.18 Å². The summed E-state index contributed by atoms with van der Waals surface area (Å²) in [4.78, 5) is 0. The number of hydrogen-bond donors (Lipinski definition) is 0. The third kappa shape index (κ3) is 1.43. The van der Waals surface area contributed by atoms with Gasteiger partial charge in [-0.1, -0.05) is 5.92 Å². The van der Waals surface area contributed by atoms with Gasteiger partial charge in [0.2, 0.25) is 0 Å². The first kappa shape index (κ1) is 6.00. The van der Waals surface area contributed by atoms with E-state index in [1.807, 2.05) is 6.92 Å². The summed E-state index contributed by atoms with van der Waals surface area (Å²) in [5.41, 5.74) is 0. The van der Waals surface area contributed by atoms with Crippen molar-refractivity contribution < 1.29 is 4.18 Å².